The minimum Gasteiger partial charge on any atom is -0.455 e. The van der Waals surface area contributed by atoms with Crippen LogP contribution in [-0.2, 0) is 5.41 Å². The summed E-state index contributed by atoms with van der Waals surface area (Å²) in [6.07, 6.45) is 0. The lowest BCUT2D eigenvalue weighted by atomic mass is 9.79. The molecule has 3 heterocycles. The van der Waals surface area contributed by atoms with Gasteiger partial charge in [-0.2, -0.15) is 0 Å². The van der Waals surface area contributed by atoms with Gasteiger partial charge in [0.15, 0.2) is 0 Å². The Morgan fingerprint density at radius 2 is 0.628 bits per heavy atom. The number of para-hydroxylation sites is 6. The summed E-state index contributed by atoms with van der Waals surface area (Å²) in [5, 5.41) is 35.5. The Bertz CT molecular complexity index is 9450. The maximum atomic E-state index is 6.46. The average molecular weight is 1760 g/mol. The first kappa shape index (κ1) is 79.3. The highest BCUT2D eigenvalue weighted by atomic mass is 32.1. The Morgan fingerprint density at radius 1 is 0.234 bits per heavy atom. The number of benzene rings is 25. The van der Waals surface area contributed by atoms with Gasteiger partial charge in [-0.05, 0) is 270 Å². The average Bonchev–Trinajstić information content (AvgIpc) is 1.54. The summed E-state index contributed by atoms with van der Waals surface area (Å²) in [6.45, 7) is 4.78. The SMILES string of the molecule is CC1(C)c2ccccc2-c2c1c1ccccc1c1c2ccc2cc(N(c3ccccc3)c3cccc4c3c3ccccc3n4-c3ccccc3)ccc21.c1ccc(N(c2ccc3ccccc3c2)c2ccc3c(ccc4c3c3ccccc3c3oc5ccccc5c43)c2)cc1.c1ccc(N(c2ccc3ccccc3c2)c2ccc3c(ccc4c3c3ccccc3c3sc5ccccc5c43)c2)cc1. The minimum atomic E-state index is -0.0840. The van der Waals surface area contributed by atoms with E-state index in [-0.39, 0.29) is 5.41 Å². The molecule has 0 N–H and O–H groups in total. The molecule has 1 aliphatic rings. The van der Waals surface area contributed by atoms with Crippen LogP contribution in [0.25, 0.3) is 199 Å². The van der Waals surface area contributed by atoms with Gasteiger partial charge in [0, 0.05) is 109 Å². The van der Waals surface area contributed by atoms with Crippen LogP contribution >= 0.6 is 11.3 Å². The second-order valence-electron chi connectivity index (χ2n) is 36.8. The number of furan rings is 1. The summed E-state index contributed by atoms with van der Waals surface area (Å²) >= 11 is 1.91. The number of aromatic nitrogens is 1. The fraction of sp³-hybridized carbons (Fsp3) is 0.0229. The van der Waals surface area contributed by atoms with Crippen LogP contribution in [0.2, 0.25) is 0 Å². The maximum Gasteiger partial charge on any atom is 0.143 e. The highest BCUT2D eigenvalue weighted by molar-refractivity contribution is 7.27. The van der Waals surface area contributed by atoms with Gasteiger partial charge in [-0.25, -0.2) is 0 Å². The van der Waals surface area contributed by atoms with Gasteiger partial charge in [-0.1, -0.05) is 360 Å². The number of hydrogen-bond acceptors (Lipinski definition) is 5. The Hall–Kier alpha value is -17.4. The molecule has 0 spiro atoms. The predicted molar refractivity (Wildman–Crippen MR) is 588 cm³/mol. The molecule has 0 saturated carbocycles. The largest absolute Gasteiger partial charge is 0.455 e. The Balaban J connectivity index is 0.000000105. The van der Waals surface area contributed by atoms with Gasteiger partial charge in [0.2, 0.25) is 0 Å². The van der Waals surface area contributed by atoms with E-state index < -0.39 is 0 Å². The third-order valence-corrected chi connectivity index (χ3v) is 30.0. The van der Waals surface area contributed by atoms with Crippen LogP contribution in [0.4, 0.5) is 51.2 Å². The van der Waals surface area contributed by atoms with Crippen LogP contribution in [0, 0.1) is 0 Å². The smallest absolute Gasteiger partial charge is 0.143 e. The molecule has 6 heteroatoms. The van der Waals surface area contributed by atoms with Gasteiger partial charge >= 0.3 is 0 Å². The molecule has 0 aliphatic heterocycles. The van der Waals surface area contributed by atoms with Crippen molar-refractivity contribution in [1.29, 1.82) is 0 Å². The number of anilines is 9. The lowest BCUT2D eigenvalue weighted by Crippen LogP contribution is -2.15. The normalized spacial score (nSPS) is 12.4. The maximum absolute atomic E-state index is 6.46. The molecule has 137 heavy (non-hydrogen) atoms. The minimum absolute atomic E-state index is 0.0840. The van der Waals surface area contributed by atoms with Crippen LogP contribution in [0.1, 0.15) is 25.0 Å². The van der Waals surface area contributed by atoms with E-state index in [9.17, 15) is 0 Å². The molecule has 25 aromatic carbocycles. The lowest BCUT2D eigenvalue weighted by molar-refractivity contribution is 0.666. The monoisotopic (exact) mass is 1760 g/mol. The van der Waals surface area contributed by atoms with E-state index >= 15 is 0 Å². The topological polar surface area (TPSA) is 27.8 Å². The predicted octanol–water partition coefficient (Wildman–Crippen LogP) is 37.8. The fourth-order valence-corrected chi connectivity index (χ4v) is 24.1. The van der Waals surface area contributed by atoms with Crippen LogP contribution in [0.15, 0.2) is 490 Å². The van der Waals surface area contributed by atoms with Crippen molar-refractivity contribution < 1.29 is 4.42 Å². The molecule has 3 aromatic heterocycles. The molecule has 0 saturated heterocycles. The highest BCUT2D eigenvalue weighted by Crippen LogP contribution is 2.57. The molecule has 0 radical (unpaired) electrons. The van der Waals surface area contributed by atoms with Crippen molar-refractivity contribution in [2.75, 3.05) is 14.7 Å². The molecule has 29 rings (SSSR count). The zero-order chi connectivity index (χ0) is 90.5. The van der Waals surface area contributed by atoms with Crippen LogP contribution in [0.5, 0.6) is 0 Å². The van der Waals surface area contributed by atoms with Crippen molar-refractivity contribution in [2.24, 2.45) is 0 Å². The molecule has 5 nitrogen and oxygen atoms in total. The van der Waals surface area contributed by atoms with Crippen molar-refractivity contribution in [3.8, 4) is 16.8 Å². The Labute approximate surface area is 795 Å². The lowest BCUT2D eigenvalue weighted by Gasteiger charge is -2.27. The van der Waals surface area contributed by atoms with E-state index in [1.54, 1.807) is 0 Å². The van der Waals surface area contributed by atoms with Gasteiger partial charge in [0.25, 0.3) is 0 Å². The van der Waals surface area contributed by atoms with Crippen molar-refractivity contribution >= 4 is 245 Å². The molecule has 1 aliphatic carbocycles. The van der Waals surface area contributed by atoms with E-state index in [0.29, 0.717) is 0 Å². The molecule has 0 fully saturated rings. The van der Waals surface area contributed by atoms with E-state index in [1.807, 2.05) is 17.4 Å². The first-order chi connectivity index (χ1) is 67.8. The zero-order valence-electron chi connectivity index (χ0n) is 75.3. The van der Waals surface area contributed by atoms with E-state index in [0.717, 1.165) is 78.8 Å². The van der Waals surface area contributed by atoms with E-state index in [4.69, 9.17) is 4.42 Å². The molecule has 0 unspecified atom stereocenters. The molecule has 0 amide bonds. The summed E-state index contributed by atoms with van der Waals surface area (Å²) in [4.78, 5) is 7.15. The number of thiophene rings is 1. The molecular formula is C131H86N4OS. The van der Waals surface area contributed by atoms with Gasteiger partial charge in [0.1, 0.15) is 11.2 Å². The van der Waals surface area contributed by atoms with Gasteiger partial charge in [-0.15, -0.1) is 11.3 Å². The summed E-state index contributed by atoms with van der Waals surface area (Å²) in [5.74, 6) is 0. The molecule has 0 bridgehead atoms. The number of fused-ring (bicyclic) bond motifs is 35. The van der Waals surface area contributed by atoms with E-state index in [1.165, 1.54) is 183 Å². The summed E-state index contributed by atoms with van der Waals surface area (Å²) in [7, 11) is 0. The number of rotatable bonds is 10. The van der Waals surface area contributed by atoms with Gasteiger partial charge in [-0.3, -0.25) is 0 Å². The number of nitrogens with zero attached hydrogens (tertiary/aromatic N) is 4. The van der Waals surface area contributed by atoms with Gasteiger partial charge in [0.05, 0.1) is 16.7 Å². The van der Waals surface area contributed by atoms with Crippen molar-refractivity contribution in [3.63, 3.8) is 0 Å². The second-order valence-corrected chi connectivity index (χ2v) is 37.8. The quantitative estimate of drug-likeness (QED) is 0.128. The summed E-state index contributed by atoms with van der Waals surface area (Å²) in [5.41, 5.74) is 21.2. The second kappa shape index (κ2) is 31.9. The first-order valence-electron chi connectivity index (χ1n) is 47.3. The van der Waals surface area contributed by atoms with Crippen molar-refractivity contribution in [3.05, 3.63) is 496 Å². The molecule has 0 atom stereocenters. The highest BCUT2D eigenvalue weighted by Gasteiger charge is 2.39. The summed E-state index contributed by atoms with van der Waals surface area (Å²) < 4.78 is 11.6. The van der Waals surface area contributed by atoms with Crippen LogP contribution < -0.4 is 14.7 Å². The van der Waals surface area contributed by atoms with Crippen LogP contribution in [-0.4, -0.2) is 4.57 Å². The Kier molecular flexibility index (Phi) is 18.5. The number of hydrogen-bond donors (Lipinski definition) is 0. The van der Waals surface area contributed by atoms with Crippen molar-refractivity contribution in [2.45, 2.75) is 19.3 Å². The van der Waals surface area contributed by atoms with Gasteiger partial charge < -0.3 is 23.7 Å². The third-order valence-electron chi connectivity index (χ3n) is 28.8. The van der Waals surface area contributed by atoms with Crippen LogP contribution in [0.3, 0.4) is 0 Å². The molecule has 642 valence electrons. The third kappa shape index (κ3) is 12.7. The standard InChI is InChI=1S/C51H36N2.C40H25NO.C40H25NS/c1-51(2)43-24-13-11-22-40(43)48-42-30-28-33-32-36(29-31-37(33)47(42)38-20-9-10-21-39(38)50(48)51)52(34-16-5-3-6-17-34)45-26-15-27-46-49(45)41-23-12-14-25-44(41)53(46)35-18-7-4-8-19-35;2*1-2-12-29(13-3-1)41(30-20-18-26-10-4-5-11-27(26)24-30)31-21-23-32-28(25-31)19-22-36-38(32)33-14-6-7-15-34(33)40-39(36)35-16-8-9-17-37(35)42-40/h3-32H,1-2H3;2*1-25H. The fourth-order valence-electron chi connectivity index (χ4n) is 22.9. The first-order valence-corrected chi connectivity index (χ1v) is 48.1. The van der Waals surface area contributed by atoms with Crippen molar-refractivity contribution in [1.82, 2.24) is 4.57 Å². The zero-order valence-corrected chi connectivity index (χ0v) is 76.1. The molecule has 28 aromatic rings. The van der Waals surface area contributed by atoms with E-state index in [2.05, 4.69) is 512 Å². The Morgan fingerprint density at radius 3 is 1.22 bits per heavy atom. The summed E-state index contributed by atoms with van der Waals surface area (Å²) in [6, 6.07) is 177. The molecular weight excluding hydrogens is 1680 g/mol.